The van der Waals surface area contributed by atoms with E-state index in [0.29, 0.717) is 47.8 Å². The molecule has 0 aromatic carbocycles. The summed E-state index contributed by atoms with van der Waals surface area (Å²) in [5.74, 6) is 0. The van der Waals surface area contributed by atoms with Crippen molar-refractivity contribution in [2.45, 2.75) is 62.2 Å². The number of nitrogens with one attached hydrogen (secondary N) is 2. The van der Waals surface area contributed by atoms with Crippen molar-refractivity contribution in [3.8, 4) is 10.7 Å². The Morgan fingerprint density at radius 3 is 2.68 bits per heavy atom. The van der Waals surface area contributed by atoms with E-state index in [9.17, 15) is 26.0 Å². The van der Waals surface area contributed by atoms with E-state index >= 15 is 0 Å². The summed E-state index contributed by atoms with van der Waals surface area (Å²) in [5, 5.41) is 10.3. The molecule has 2 aliphatic rings. The van der Waals surface area contributed by atoms with Crippen molar-refractivity contribution < 1.29 is 30.7 Å². The Labute approximate surface area is 214 Å². The van der Waals surface area contributed by atoms with E-state index < -0.39 is 39.6 Å². The summed E-state index contributed by atoms with van der Waals surface area (Å²) in [6.45, 7) is 1.21. The number of sulfonamides is 1. The Morgan fingerprint density at radius 2 is 2.03 bits per heavy atom. The molecule has 0 unspecified atom stereocenters. The van der Waals surface area contributed by atoms with E-state index in [4.69, 9.17) is 0 Å². The van der Waals surface area contributed by atoms with Crippen molar-refractivity contribution in [3.63, 3.8) is 0 Å². The predicted molar refractivity (Wildman–Crippen MR) is 128 cm³/mol. The van der Waals surface area contributed by atoms with Crippen LogP contribution in [0.1, 0.15) is 38.1 Å². The number of aromatic nitrogens is 4. The molecule has 0 radical (unpaired) electrons. The third-order valence-electron chi connectivity index (χ3n) is 6.32. The fourth-order valence-corrected chi connectivity index (χ4v) is 6.54. The lowest BCUT2D eigenvalue weighted by Crippen LogP contribution is -2.57. The smallest absolute Gasteiger partial charge is 0.345 e. The van der Waals surface area contributed by atoms with Gasteiger partial charge in [0.25, 0.3) is 6.43 Å². The molecule has 202 valence electrons. The number of imidazole rings is 1. The summed E-state index contributed by atoms with van der Waals surface area (Å²) < 4.78 is 87.0. The van der Waals surface area contributed by atoms with Crippen LogP contribution < -0.4 is 14.9 Å². The SMILES string of the molecule is C[C@@H]1CN(c2cc(S(=O)(=O)NC3(C)CC3)cn3c(-c4nnc(C(F)F)s4)cnc23)C[C@@H](COC(F)F)N1. The van der Waals surface area contributed by atoms with E-state index in [1.807, 2.05) is 18.7 Å². The Hall–Kier alpha value is -2.40. The molecule has 3 aromatic rings. The fourth-order valence-electron chi connectivity index (χ4n) is 4.35. The van der Waals surface area contributed by atoms with Crippen LogP contribution in [-0.2, 0) is 14.8 Å². The first kappa shape index (κ1) is 26.2. The molecule has 10 nitrogen and oxygen atoms in total. The summed E-state index contributed by atoms with van der Waals surface area (Å²) in [7, 11) is -3.96. The van der Waals surface area contributed by atoms with E-state index in [1.165, 1.54) is 22.9 Å². The van der Waals surface area contributed by atoms with Gasteiger partial charge in [0.05, 0.1) is 18.5 Å². The molecule has 37 heavy (non-hydrogen) atoms. The van der Waals surface area contributed by atoms with E-state index in [0.717, 1.165) is 0 Å². The minimum absolute atomic E-state index is 0.0486. The van der Waals surface area contributed by atoms with Gasteiger partial charge in [-0.3, -0.25) is 4.40 Å². The number of alkyl halides is 4. The molecule has 16 heteroatoms. The highest BCUT2D eigenvalue weighted by atomic mass is 32.2. The average molecular weight is 564 g/mol. The number of anilines is 1. The van der Waals surface area contributed by atoms with E-state index in [2.05, 4.69) is 30.0 Å². The van der Waals surface area contributed by atoms with Gasteiger partial charge < -0.3 is 15.0 Å². The molecule has 1 aliphatic carbocycles. The van der Waals surface area contributed by atoms with Crippen LogP contribution in [0.25, 0.3) is 16.3 Å². The molecule has 2 atom stereocenters. The molecule has 3 aromatic heterocycles. The van der Waals surface area contributed by atoms with Crippen LogP contribution in [0.3, 0.4) is 0 Å². The first-order valence-corrected chi connectivity index (χ1v) is 13.8. The van der Waals surface area contributed by atoms with E-state index in [-0.39, 0.29) is 29.1 Å². The highest BCUT2D eigenvalue weighted by molar-refractivity contribution is 7.89. The molecule has 0 amide bonds. The Morgan fingerprint density at radius 1 is 1.27 bits per heavy atom. The second-order valence-electron chi connectivity index (χ2n) is 9.57. The van der Waals surface area contributed by atoms with Gasteiger partial charge in [-0.2, -0.15) is 8.78 Å². The van der Waals surface area contributed by atoms with Gasteiger partial charge in [0.2, 0.25) is 10.0 Å². The lowest BCUT2D eigenvalue weighted by Gasteiger charge is -2.39. The molecule has 1 aliphatic heterocycles. The number of hydrogen-bond acceptors (Lipinski definition) is 9. The maximum atomic E-state index is 13.3. The van der Waals surface area contributed by atoms with Crippen LogP contribution in [-0.4, -0.2) is 71.9 Å². The largest absolute Gasteiger partial charge is 0.365 e. The number of fused-ring (bicyclic) bond motifs is 1. The van der Waals surface area contributed by atoms with Gasteiger partial charge in [0, 0.05) is 36.9 Å². The van der Waals surface area contributed by atoms with Crippen LogP contribution in [0.4, 0.5) is 23.2 Å². The quantitative estimate of drug-likeness (QED) is 0.382. The highest BCUT2D eigenvalue weighted by Gasteiger charge is 2.41. The molecule has 5 rings (SSSR count). The van der Waals surface area contributed by atoms with Crippen molar-refractivity contribution in [1.82, 2.24) is 29.6 Å². The molecule has 0 bridgehead atoms. The summed E-state index contributed by atoms with van der Waals surface area (Å²) in [4.78, 5) is 6.25. The third kappa shape index (κ3) is 5.57. The zero-order valence-corrected chi connectivity index (χ0v) is 21.5. The number of rotatable bonds is 9. The molecular weight excluding hydrogens is 538 g/mol. The van der Waals surface area contributed by atoms with Gasteiger partial charge >= 0.3 is 6.61 Å². The number of pyridine rings is 1. The van der Waals surface area contributed by atoms with Crippen molar-refractivity contribution in [2.24, 2.45) is 0 Å². The second-order valence-corrected chi connectivity index (χ2v) is 12.3. The summed E-state index contributed by atoms with van der Waals surface area (Å²) in [6, 6.07) is 0.913. The molecule has 1 saturated carbocycles. The van der Waals surface area contributed by atoms with Crippen LogP contribution in [0.15, 0.2) is 23.4 Å². The first-order chi connectivity index (χ1) is 17.4. The topological polar surface area (TPSA) is 114 Å². The summed E-state index contributed by atoms with van der Waals surface area (Å²) >= 11 is 0.689. The van der Waals surface area contributed by atoms with Gasteiger partial charge in [-0.25, -0.2) is 26.9 Å². The van der Waals surface area contributed by atoms with Gasteiger partial charge in [-0.15, -0.1) is 10.2 Å². The monoisotopic (exact) mass is 563 g/mol. The lowest BCUT2D eigenvalue weighted by atomic mass is 10.1. The predicted octanol–water partition coefficient (Wildman–Crippen LogP) is 3.03. The third-order valence-corrected chi connectivity index (χ3v) is 8.88. The molecule has 2 N–H and O–H groups in total. The molecule has 4 heterocycles. The van der Waals surface area contributed by atoms with Crippen LogP contribution >= 0.6 is 11.3 Å². The minimum Gasteiger partial charge on any atom is -0.365 e. The molecular formula is C21H25F4N7O3S2. The summed E-state index contributed by atoms with van der Waals surface area (Å²) in [6.07, 6.45) is 1.42. The number of piperazine rings is 1. The minimum atomic E-state index is -3.96. The van der Waals surface area contributed by atoms with Gasteiger partial charge in [-0.1, -0.05) is 11.3 Å². The lowest BCUT2D eigenvalue weighted by molar-refractivity contribution is -0.134. The van der Waals surface area contributed by atoms with Crippen molar-refractivity contribution >= 4 is 32.7 Å². The van der Waals surface area contributed by atoms with E-state index in [1.54, 1.807) is 0 Å². The number of hydrogen-bond donors (Lipinski definition) is 2. The molecule has 1 saturated heterocycles. The van der Waals surface area contributed by atoms with Crippen molar-refractivity contribution in [2.75, 3.05) is 24.6 Å². The van der Waals surface area contributed by atoms with Crippen molar-refractivity contribution in [3.05, 3.63) is 23.5 Å². The molecule has 0 spiro atoms. The van der Waals surface area contributed by atoms with Crippen molar-refractivity contribution in [1.29, 1.82) is 0 Å². The summed E-state index contributed by atoms with van der Waals surface area (Å²) in [5.41, 5.74) is 0.585. The van der Waals surface area contributed by atoms with Crippen LogP contribution in [0.5, 0.6) is 0 Å². The van der Waals surface area contributed by atoms with Crippen LogP contribution in [0, 0.1) is 0 Å². The van der Waals surface area contributed by atoms with Crippen LogP contribution in [0.2, 0.25) is 0 Å². The van der Waals surface area contributed by atoms with Gasteiger partial charge in [-0.05, 0) is 32.8 Å². The second kappa shape index (κ2) is 9.72. The highest BCUT2D eigenvalue weighted by Crippen LogP contribution is 2.37. The molecule has 2 fully saturated rings. The number of ether oxygens (including phenoxy) is 1. The zero-order valence-electron chi connectivity index (χ0n) is 19.9. The maximum absolute atomic E-state index is 13.3. The normalized spacial score (nSPS) is 21.9. The maximum Gasteiger partial charge on any atom is 0.345 e. The fraction of sp³-hybridized carbons (Fsp3) is 0.571. The zero-order chi connectivity index (χ0) is 26.5. The Balaban J connectivity index is 1.60. The Kier molecular flexibility index (Phi) is 6.89. The standard InChI is InChI=1S/C21H25F4N7O3S2/c1-11-7-31(8-12(27-11)10-35-20(24)25)14-5-13(37(33,34)30-21(2)3-4-21)9-32-15(6-26-17(14)32)18-28-29-19(36-18)16(22)23/h5-6,9,11-12,16,20,27,30H,3-4,7-8,10H2,1-2H3/t11-,12+/m1/s1. The van der Waals surface area contributed by atoms with Gasteiger partial charge in [0.1, 0.15) is 10.6 Å². The Bertz CT molecular complexity index is 1390. The van der Waals surface area contributed by atoms with Gasteiger partial charge in [0.15, 0.2) is 15.7 Å². The number of nitrogens with zero attached hydrogens (tertiary/aromatic N) is 5. The average Bonchev–Trinajstić information content (AvgIpc) is 3.21. The number of halogens is 4. The first-order valence-electron chi connectivity index (χ1n) is 11.5.